The fourth-order valence-electron chi connectivity index (χ4n) is 2.34. The number of para-hydroxylation sites is 4. The van der Waals surface area contributed by atoms with Crippen molar-refractivity contribution in [3.05, 3.63) is 48.5 Å². The highest BCUT2D eigenvalue weighted by molar-refractivity contribution is 5.81. The van der Waals surface area contributed by atoms with Crippen molar-refractivity contribution in [2.24, 2.45) is 5.92 Å². The maximum absolute atomic E-state index is 10.2. The van der Waals surface area contributed by atoms with Crippen molar-refractivity contribution in [2.75, 3.05) is 11.9 Å². The van der Waals surface area contributed by atoms with Gasteiger partial charge in [-0.3, -0.25) is 4.57 Å². The Morgan fingerprint density at radius 3 is 2.57 bits per heavy atom. The molecule has 1 aromatic heterocycles. The van der Waals surface area contributed by atoms with Gasteiger partial charge in [-0.1, -0.05) is 38.1 Å². The number of benzene rings is 2. The van der Waals surface area contributed by atoms with Crippen molar-refractivity contribution in [2.45, 2.75) is 13.8 Å². The number of phenols is 1. The first kappa shape index (κ1) is 13.5. The summed E-state index contributed by atoms with van der Waals surface area (Å²) in [5.74, 6) is 1.52. The Bertz CT molecular complexity index is 762. The highest BCUT2D eigenvalue weighted by Crippen LogP contribution is 2.29. The number of phenolic OH excluding ortho intramolecular Hbond substituents is 1. The molecular weight excluding hydrogens is 262 g/mol. The van der Waals surface area contributed by atoms with Crippen LogP contribution in [0.1, 0.15) is 13.8 Å². The van der Waals surface area contributed by atoms with Crippen LogP contribution in [0, 0.1) is 5.92 Å². The largest absolute Gasteiger partial charge is 0.506 e. The Balaban J connectivity index is 2.18. The molecule has 3 rings (SSSR count). The van der Waals surface area contributed by atoms with E-state index in [1.165, 1.54) is 0 Å². The summed E-state index contributed by atoms with van der Waals surface area (Å²) in [7, 11) is 0. The van der Waals surface area contributed by atoms with Gasteiger partial charge in [0.1, 0.15) is 5.75 Å². The molecule has 3 aromatic rings. The second-order valence-corrected chi connectivity index (χ2v) is 5.52. The number of aromatic nitrogens is 2. The lowest BCUT2D eigenvalue weighted by Crippen LogP contribution is -2.12. The second kappa shape index (κ2) is 5.48. The summed E-state index contributed by atoms with van der Waals surface area (Å²) in [6.07, 6.45) is 0. The van der Waals surface area contributed by atoms with E-state index in [-0.39, 0.29) is 5.75 Å². The molecule has 0 radical (unpaired) electrons. The number of aromatic hydroxyl groups is 1. The average molecular weight is 281 g/mol. The molecule has 0 aliphatic heterocycles. The molecule has 0 atom stereocenters. The Kier molecular flexibility index (Phi) is 3.52. The van der Waals surface area contributed by atoms with E-state index in [1.54, 1.807) is 6.07 Å². The highest BCUT2D eigenvalue weighted by atomic mass is 16.3. The smallest absolute Gasteiger partial charge is 0.208 e. The molecular formula is C17H19N3O. The van der Waals surface area contributed by atoms with Gasteiger partial charge in [-0.15, -0.1) is 0 Å². The van der Waals surface area contributed by atoms with Crippen molar-refractivity contribution >= 4 is 17.0 Å². The second-order valence-electron chi connectivity index (χ2n) is 5.52. The first-order valence-electron chi connectivity index (χ1n) is 7.16. The molecule has 0 amide bonds. The molecule has 0 aliphatic rings. The molecule has 4 nitrogen and oxygen atoms in total. The van der Waals surface area contributed by atoms with Crippen LogP contribution in [0.2, 0.25) is 0 Å². The zero-order chi connectivity index (χ0) is 14.8. The van der Waals surface area contributed by atoms with Gasteiger partial charge in [-0.25, -0.2) is 4.98 Å². The maximum atomic E-state index is 10.2. The van der Waals surface area contributed by atoms with Crippen LogP contribution in [0.3, 0.4) is 0 Å². The van der Waals surface area contributed by atoms with E-state index in [0.29, 0.717) is 5.92 Å². The van der Waals surface area contributed by atoms with Gasteiger partial charge < -0.3 is 10.4 Å². The quantitative estimate of drug-likeness (QED) is 0.764. The van der Waals surface area contributed by atoms with Crippen LogP contribution in [0.15, 0.2) is 48.5 Å². The topological polar surface area (TPSA) is 50.1 Å². The average Bonchev–Trinajstić information content (AvgIpc) is 2.84. The zero-order valence-corrected chi connectivity index (χ0v) is 12.2. The van der Waals surface area contributed by atoms with Crippen LogP contribution in [-0.2, 0) is 0 Å². The van der Waals surface area contributed by atoms with Crippen LogP contribution < -0.4 is 5.32 Å². The Labute approximate surface area is 124 Å². The standard InChI is InChI=1S/C17H19N3O/c1-12(2)11-18-17-19-13-7-3-4-8-14(13)20(17)15-9-5-6-10-16(15)21/h3-10,12,21H,11H2,1-2H3,(H,18,19). The third-order valence-electron chi connectivity index (χ3n) is 3.35. The number of hydrogen-bond donors (Lipinski definition) is 2. The first-order chi connectivity index (χ1) is 10.2. The van der Waals surface area contributed by atoms with Crippen LogP contribution in [-0.4, -0.2) is 21.2 Å². The van der Waals surface area contributed by atoms with Gasteiger partial charge in [0.05, 0.1) is 16.7 Å². The van der Waals surface area contributed by atoms with Crippen molar-refractivity contribution < 1.29 is 5.11 Å². The zero-order valence-electron chi connectivity index (χ0n) is 12.2. The highest BCUT2D eigenvalue weighted by Gasteiger charge is 2.14. The number of imidazole rings is 1. The Morgan fingerprint density at radius 1 is 1.10 bits per heavy atom. The van der Waals surface area contributed by atoms with Gasteiger partial charge in [0.25, 0.3) is 0 Å². The third kappa shape index (κ3) is 2.57. The molecule has 108 valence electrons. The molecule has 0 saturated carbocycles. The minimum Gasteiger partial charge on any atom is -0.506 e. The maximum Gasteiger partial charge on any atom is 0.208 e. The summed E-state index contributed by atoms with van der Waals surface area (Å²) in [5, 5.41) is 13.5. The summed E-state index contributed by atoms with van der Waals surface area (Å²) >= 11 is 0. The number of fused-ring (bicyclic) bond motifs is 1. The fourth-order valence-corrected chi connectivity index (χ4v) is 2.34. The van der Waals surface area contributed by atoms with Gasteiger partial charge in [-0.2, -0.15) is 0 Å². The Morgan fingerprint density at radius 2 is 1.81 bits per heavy atom. The van der Waals surface area contributed by atoms with Crippen molar-refractivity contribution in [3.63, 3.8) is 0 Å². The molecule has 21 heavy (non-hydrogen) atoms. The molecule has 0 unspecified atom stereocenters. The monoisotopic (exact) mass is 281 g/mol. The minimum atomic E-state index is 0.244. The van der Waals surface area contributed by atoms with Crippen molar-refractivity contribution in [1.82, 2.24) is 9.55 Å². The molecule has 0 bridgehead atoms. The van der Waals surface area contributed by atoms with Crippen LogP contribution in [0.5, 0.6) is 5.75 Å². The lowest BCUT2D eigenvalue weighted by atomic mass is 10.2. The summed E-state index contributed by atoms with van der Waals surface area (Å²) in [5.41, 5.74) is 2.62. The summed E-state index contributed by atoms with van der Waals surface area (Å²) < 4.78 is 1.97. The molecule has 2 N–H and O–H groups in total. The van der Waals surface area contributed by atoms with Gasteiger partial charge in [-0.05, 0) is 30.2 Å². The van der Waals surface area contributed by atoms with E-state index in [0.717, 1.165) is 29.2 Å². The number of nitrogens with zero attached hydrogens (tertiary/aromatic N) is 2. The van der Waals surface area contributed by atoms with E-state index < -0.39 is 0 Å². The number of hydrogen-bond acceptors (Lipinski definition) is 3. The van der Waals surface area contributed by atoms with Crippen LogP contribution >= 0.6 is 0 Å². The van der Waals surface area contributed by atoms with Gasteiger partial charge in [0.15, 0.2) is 0 Å². The fraction of sp³-hybridized carbons (Fsp3) is 0.235. The molecule has 0 spiro atoms. The normalized spacial score (nSPS) is 11.2. The lowest BCUT2D eigenvalue weighted by Gasteiger charge is -2.13. The molecule has 0 saturated heterocycles. The minimum absolute atomic E-state index is 0.244. The number of rotatable bonds is 4. The van der Waals surface area contributed by atoms with Crippen molar-refractivity contribution in [1.29, 1.82) is 0 Å². The lowest BCUT2D eigenvalue weighted by molar-refractivity contribution is 0.473. The van der Waals surface area contributed by atoms with Gasteiger partial charge in [0, 0.05) is 6.54 Å². The molecule has 0 fully saturated rings. The van der Waals surface area contributed by atoms with E-state index >= 15 is 0 Å². The predicted molar refractivity (Wildman–Crippen MR) is 86.1 cm³/mol. The summed E-state index contributed by atoms with van der Waals surface area (Å²) in [6.45, 7) is 5.14. The molecule has 0 aliphatic carbocycles. The van der Waals surface area contributed by atoms with Gasteiger partial charge in [0.2, 0.25) is 5.95 Å². The van der Waals surface area contributed by atoms with E-state index in [2.05, 4.69) is 24.1 Å². The van der Waals surface area contributed by atoms with Crippen LogP contribution in [0.25, 0.3) is 16.7 Å². The SMILES string of the molecule is CC(C)CNc1nc2ccccc2n1-c1ccccc1O. The molecule has 4 heteroatoms. The summed E-state index contributed by atoms with van der Waals surface area (Å²) in [4.78, 5) is 4.64. The first-order valence-corrected chi connectivity index (χ1v) is 7.16. The van der Waals surface area contributed by atoms with Crippen LogP contribution in [0.4, 0.5) is 5.95 Å². The Hall–Kier alpha value is -2.49. The summed E-state index contributed by atoms with van der Waals surface area (Å²) in [6, 6.07) is 15.3. The molecule has 1 heterocycles. The van der Waals surface area contributed by atoms with E-state index in [4.69, 9.17) is 0 Å². The predicted octanol–water partition coefficient (Wildman–Crippen LogP) is 3.80. The van der Waals surface area contributed by atoms with E-state index in [9.17, 15) is 5.11 Å². The third-order valence-corrected chi connectivity index (χ3v) is 3.35. The van der Waals surface area contributed by atoms with Crippen molar-refractivity contribution in [3.8, 4) is 11.4 Å². The number of nitrogens with one attached hydrogen (secondary N) is 1. The van der Waals surface area contributed by atoms with Gasteiger partial charge >= 0.3 is 0 Å². The molecule has 2 aromatic carbocycles. The number of anilines is 1. The van der Waals surface area contributed by atoms with E-state index in [1.807, 2.05) is 47.0 Å².